The van der Waals surface area contributed by atoms with E-state index in [-0.39, 0.29) is 23.7 Å². The van der Waals surface area contributed by atoms with Gasteiger partial charge in [0.2, 0.25) is 5.91 Å². The number of aromatic nitrogens is 3. The zero-order chi connectivity index (χ0) is 23.7. The first kappa shape index (κ1) is 24.0. The van der Waals surface area contributed by atoms with Crippen LogP contribution in [0.15, 0.2) is 10.5 Å². The predicted molar refractivity (Wildman–Crippen MR) is 135 cm³/mol. The van der Waals surface area contributed by atoms with Gasteiger partial charge in [-0.3, -0.25) is 9.36 Å². The van der Waals surface area contributed by atoms with E-state index in [9.17, 15) is 9.59 Å². The molecule has 0 atom stereocenters. The van der Waals surface area contributed by atoms with Gasteiger partial charge in [-0.05, 0) is 65.0 Å². The number of fused-ring (bicyclic) bond motifs is 1. The molecular formula is C23H28N4O3S3. The van der Waals surface area contributed by atoms with Crippen LogP contribution in [-0.2, 0) is 22.4 Å². The number of thiophene rings is 2. The van der Waals surface area contributed by atoms with E-state index in [1.54, 1.807) is 18.3 Å². The molecule has 0 radical (unpaired) electrons. The molecule has 0 bridgehead atoms. The van der Waals surface area contributed by atoms with Crippen molar-refractivity contribution >= 4 is 51.3 Å². The number of nitrogens with one attached hydrogen (secondary N) is 1. The van der Waals surface area contributed by atoms with Crippen LogP contribution in [0.1, 0.15) is 64.5 Å². The van der Waals surface area contributed by atoms with Crippen molar-refractivity contribution in [3.8, 4) is 11.4 Å². The summed E-state index contributed by atoms with van der Waals surface area (Å²) in [5.41, 5.74) is 3.86. The maximum Gasteiger partial charge on any atom is 0.341 e. The van der Waals surface area contributed by atoms with Crippen molar-refractivity contribution in [3.63, 3.8) is 0 Å². The summed E-state index contributed by atoms with van der Waals surface area (Å²) in [6, 6.07) is 0.149. The van der Waals surface area contributed by atoms with E-state index in [2.05, 4.69) is 53.2 Å². The van der Waals surface area contributed by atoms with Gasteiger partial charge < -0.3 is 10.1 Å². The Balaban J connectivity index is 1.50. The molecule has 3 aromatic rings. The van der Waals surface area contributed by atoms with Gasteiger partial charge in [0, 0.05) is 26.7 Å². The summed E-state index contributed by atoms with van der Waals surface area (Å²) in [7, 11) is 0. The van der Waals surface area contributed by atoms with E-state index in [1.807, 2.05) is 0 Å². The molecular weight excluding hydrogens is 476 g/mol. The lowest BCUT2D eigenvalue weighted by atomic mass is 10.1. The van der Waals surface area contributed by atoms with Gasteiger partial charge in [0.05, 0.1) is 17.9 Å². The number of carbonyl (C=O) groups is 2. The number of hydrogen-bond acceptors (Lipinski definition) is 8. The van der Waals surface area contributed by atoms with Gasteiger partial charge in [-0.15, -0.1) is 32.9 Å². The molecule has 0 saturated carbocycles. The zero-order valence-corrected chi connectivity index (χ0v) is 21.9. The Kier molecular flexibility index (Phi) is 7.25. The van der Waals surface area contributed by atoms with Gasteiger partial charge >= 0.3 is 5.97 Å². The quantitative estimate of drug-likeness (QED) is 0.315. The number of carbonyl (C=O) groups excluding carboxylic acids is 2. The van der Waals surface area contributed by atoms with Gasteiger partial charge in [0.15, 0.2) is 11.0 Å². The highest BCUT2D eigenvalue weighted by molar-refractivity contribution is 7.99. The summed E-state index contributed by atoms with van der Waals surface area (Å²) in [6.45, 7) is 10.5. The molecule has 10 heteroatoms. The highest BCUT2D eigenvalue weighted by atomic mass is 32.2. The molecule has 33 heavy (non-hydrogen) atoms. The second-order valence-electron chi connectivity index (χ2n) is 8.22. The third-order valence-corrected chi connectivity index (χ3v) is 8.86. The summed E-state index contributed by atoms with van der Waals surface area (Å²) < 4.78 is 7.33. The summed E-state index contributed by atoms with van der Waals surface area (Å²) in [6.07, 6.45) is 2.83. The number of anilines is 1. The van der Waals surface area contributed by atoms with E-state index >= 15 is 0 Å². The molecule has 1 aliphatic carbocycles. The molecule has 4 rings (SSSR count). The SMILES string of the molecule is CCOC(=O)c1c(NC(=O)CSc2nnc(-c3csc(C)c3C)n2C(C)C)sc2c1CCC2. The molecule has 1 amide bonds. The van der Waals surface area contributed by atoms with E-state index in [0.29, 0.717) is 22.3 Å². The smallest absolute Gasteiger partial charge is 0.341 e. The Hall–Kier alpha value is -2.17. The average Bonchev–Trinajstić information content (AvgIpc) is 3.51. The Labute approximate surface area is 206 Å². The first-order valence-electron chi connectivity index (χ1n) is 11.1. The average molecular weight is 505 g/mol. The minimum absolute atomic E-state index is 0.149. The van der Waals surface area contributed by atoms with Crippen LogP contribution >= 0.6 is 34.4 Å². The second kappa shape index (κ2) is 9.99. The largest absolute Gasteiger partial charge is 0.462 e. The van der Waals surface area contributed by atoms with Crippen LogP contribution in [0.4, 0.5) is 5.00 Å². The number of thioether (sulfide) groups is 1. The van der Waals surface area contributed by atoms with Gasteiger partial charge in [-0.1, -0.05) is 11.8 Å². The molecule has 7 nitrogen and oxygen atoms in total. The van der Waals surface area contributed by atoms with Crippen LogP contribution < -0.4 is 5.32 Å². The monoisotopic (exact) mass is 504 g/mol. The summed E-state index contributed by atoms with van der Waals surface area (Å²) in [4.78, 5) is 27.8. The normalized spacial score (nSPS) is 12.9. The van der Waals surface area contributed by atoms with Gasteiger partial charge in [0.1, 0.15) is 5.00 Å². The van der Waals surface area contributed by atoms with Crippen molar-refractivity contribution in [2.24, 2.45) is 0 Å². The molecule has 3 heterocycles. The first-order valence-corrected chi connectivity index (χ1v) is 13.7. The van der Waals surface area contributed by atoms with Crippen molar-refractivity contribution in [1.29, 1.82) is 0 Å². The topological polar surface area (TPSA) is 86.1 Å². The third kappa shape index (κ3) is 4.74. The standard InChI is InChI=1S/C23H28N4O3S3/c1-6-30-22(29)19-15-8-7-9-17(15)33-21(19)24-18(28)11-32-23-26-25-20(27(23)12(2)3)16-10-31-14(5)13(16)4/h10,12H,6-9,11H2,1-5H3,(H,24,28). The maximum atomic E-state index is 12.8. The number of esters is 1. The molecule has 176 valence electrons. The number of rotatable bonds is 8. The molecule has 0 aromatic carbocycles. The number of nitrogens with zero attached hydrogens (tertiary/aromatic N) is 3. The fourth-order valence-corrected chi connectivity index (χ4v) is 6.99. The second-order valence-corrected chi connectivity index (χ2v) is 11.4. The molecule has 1 N–H and O–H groups in total. The van der Waals surface area contributed by atoms with Gasteiger partial charge in [-0.25, -0.2) is 4.79 Å². The van der Waals surface area contributed by atoms with Crippen molar-refractivity contribution in [1.82, 2.24) is 14.8 Å². The fourth-order valence-electron chi connectivity index (χ4n) is 3.96. The summed E-state index contributed by atoms with van der Waals surface area (Å²) in [5.74, 6) is 0.476. The van der Waals surface area contributed by atoms with Gasteiger partial charge in [0.25, 0.3) is 0 Å². The minimum Gasteiger partial charge on any atom is -0.462 e. The number of aryl methyl sites for hydroxylation is 2. The number of amides is 1. The van der Waals surface area contributed by atoms with Crippen LogP contribution in [0, 0.1) is 13.8 Å². The number of ether oxygens (including phenoxy) is 1. The molecule has 3 aromatic heterocycles. The molecule has 0 unspecified atom stereocenters. The Morgan fingerprint density at radius 1 is 1.27 bits per heavy atom. The molecule has 1 aliphatic rings. The Morgan fingerprint density at radius 3 is 2.73 bits per heavy atom. The van der Waals surface area contributed by atoms with E-state index in [0.717, 1.165) is 36.2 Å². The van der Waals surface area contributed by atoms with Crippen molar-refractivity contribution in [3.05, 3.63) is 31.8 Å². The van der Waals surface area contributed by atoms with Crippen molar-refractivity contribution < 1.29 is 14.3 Å². The van der Waals surface area contributed by atoms with Crippen molar-refractivity contribution in [2.45, 2.75) is 65.1 Å². The van der Waals surface area contributed by atoms with E-state index in [1.165, 1.54) is 38.4 Å². The van der Waals surface area contributed by atoms with E-state index < -0.39 is 0 Å². The highest BCUT2D eigenvalue weighted by Gasteiger charge is 2.28. The Morgan fingerprint density at radius 2 is 2.06 bits per heavy atom. The van der Waals surface area contributed by atoms with Crippen LogP contribution in [0.2, 0.25) is 0 Å². The zero-order valence-electron chi connectivity index (χ0n) is 19.5. The predicted octanol–water partition coefficient (Wildman–Crippen LogP) is 5.66. The summed E-state index contributed by atoms with van der Waals surface area (Å²) in [5, 5.41) is 15.2. The Bertz CT molecular complexity index is 1190. The van der Waals surface area contributed by atoms with Crippen LogP contribution in [0.25, 0.3) is 11.4 Å². The lowest BCUT2D eigenvalue weighted by Gasteiger charge is -2.14. The molecule has 0 spiro atoms. The molecule has 0 aliphatic heterocycles. The first-order chi connectivity index (χ1) is 15.8. The molecule has 0 saturated heterocycles. The highest BCUT2D eigenvalue weighted by Crippen LogP contribution is 2.40. The van der Waals surface area contributed by atoms with Crippen LogP contribution in [0.3, 0.4) is 0 Å². The molecule has 0 fully saturated rings. The van der Waals surface area contributed by atoms with Crippen LogP contribution in [0.5, 0.6) is 0 Å². The van der Waals surface area contributed by atoms with E-state index in [4.69, 9.17) is 4.74 Å². The van der Waals surface area contributed by atoms with Crippen LogP contribution in [-0.4, -0.2) is 39.0 Å². The lowest BCUT2D eigenvalue weighted by Crippen LogP contribution is -2.17. The van der Waals surface area contributed by atoms with Crippen molar-refractivity contribution in [2.75, 3.05) is 17.7 Å². The summed E-state index contributed by atoms with van der Waals surface area (Å²) >= 11 is 4.55. The van der Waals surface area contributed by atoms with Gasteiger partial charge in [-0.2, -0.15) is 0 Å². The fraction of sp³-hybridized carbons (Fsp3) is 0.478. The minimum atomic E-state index is -0.356. The third-order valence-electron chi connectivity index (χ3n) is 5.69. The number of hydrogen-bond donors (Lipinski definition) is 1. The lowest BCUT2D eigenvalue weighted by molar-refractivity contribution is -0.113. The maximum absolute atomic E-state index is 12.8.